The van der Waals surface area contributed by atoms with Crippen LogP contribution in [-0.2, 0) is 13.9 Å². The van der Waals surface area contributed by atoms with E-state index in [1.807, 2.05) is 0 Å². The highest BCUT2D eigenvalue weighted by Crippen LogP contribution is 2.40. The maximum atomic E-state index is 10.0. The van der Waals surface area contributed by atoms with E-state index in [4.69, 9.17) is 13.9 Å². The number of hydrogen-bond acceptors (Lipinski definition) is 4. The van der Waals surface area contributed by atoms with Gasteiger partial charge >= 0.3 is 0 Å². The minimum absolute atomic E-state index is 0.0271. The van der Waals surface area contributed by atoms with Crippen LogP contribution in [0.15, 0.2) is 60.7 Å². The monoisotopic (exact) mass is 440 g/mol. The minimum atomic E-state index is -2.58. The van der Waals surface area contributed by atoms with E-state index in [1.54, 1.807) is 0 Å². The predicted octanol–water partition coefficient (Wildman–Crippen LogP) is 4.35. The summed E-state index contributed by atoms with van der Waals surface area (Å²) in [6.07, 6.45) is 4.56. The Kier molecular flexibility index (Phi) is 6.70. The van der Waals surface area contributed by atoms with Crippen LogP contribution in [0.5, 0.6) is 0 Å². The fourth-order valence-corrected chi connectivity index (χ4v) is 9.89. The van der Waals surface area contributed by atoms with Crippen molar-refractivity contribution in [2.24, 2.45) is 0 Å². The molecule has 0 amide bonds. The number of benzene rings is 2. The van der Waals surface area contributed by atoms with Crippen molar-refractivity contribution in [3.63, 3.8) is 0 Å². The largest absolute Gasteiger partial charge is 0.405 e. The molecule has 0 radical (unpaired) electrons. The van der Waals surface area contributed by atoms with Gasteiger partial charge in [-0.1, -0.05) is 81.4 Å². The van der Waals surface area contributed by atoms with Crippen LogP contribution >= 0.6 is 0 Å². The molecule has 2 aromatic carbocycles. The molecule has 1 unspecified atom stereocenters. The van der Waals surface area contributed by atoms with E-state index in [-0.39, 0.29) is 11.1 Å². The summed E-state index contributed by atoms with van der Waals surface area (Å²) >= 11 is 0. The summed E-state index contributed by atoms with van der Waals surface area (Å²) in [5, 5.41) is 12.6. The van der Waals surface area contributed by atoms with E-state index in [1.165, 1.54) is 10.4 Å². The molecule has 2 heterocycles. The van der Waals surface area contributed by atoms with Crippen molar-refractivity contribution in [1.82, 2.24) is 0 Å². The lowest BCUT2D eigenvalue weighted by atomic mass is 9.94. The third kappa shape index (κ3) is 4.66. The van der Waals surface area contributed by atoms with Gasteiger partial charge < -0.3 is 19.0 Å². The van der Waals surface area contributed by atoms with E-state index in [2.05, 4.69) is 81.4 Å². The van der Waals surface area contributed by atoms with Gasteiger partial charge in [0.05, 0.1) is 12.7 Å². The third-order valence-electron chi connectivity index (χ3n) is 6.73. The molecule has 1 spiro atoms. The molecule has 2 saturated heterocycles. The lowest BCUT2D eigenvalue weighted by Gasteiger charge is -2.47. The summed E-state index contributed by atoms with van der Waals surface area (Å²) in [6.45, 7) is 7.42. The van der Waals surface area contributed by atoms with Crippen LogP contribution < -0.4 is 10.4 Å². The van der Waals surface area contributed by atoms with Crippen molar-refractivity contribution >= 4 is 18.7 Å². The van der Waals surface area contributed by atoms with Gasteiger partial charge in [0.2, 0.25) is 0 Å². The molecule has 0 aromatic heterocycles. The summed E-state index contributed by atoms with van der Waals surface area (Å²) in [4.78, 5) is 0. The fraction of sp³-hybridized carbons (Fsp3) is 0.538. The first kappa shape index (κ1) is 22.7. The normalized spacial score (nSPS) is 27.4. The lowest BCUT2D eigenvalue weighted by Crippen LogP contribution is -2.67. The van der Waals surface area contributed by atoms with Crippen LogP contribution in [0.2, 0.25) is 5.04 Å². The second kappa shape index (κ2) is 9.16. The maximum absolute atomic E-state index is 10.0. The first-order valence-electron chi connectivity index (χ1n) is 11.6. The lowest BCUT2D eigenvalue weighted by molar-refractivity contribution is -0.349. The molecule has 2 fully saturated rings. The number of aliphatic hydroxyl groups excluding tert-OH is 1. The topological polar surface area (TPSA) is 47.9 Å². The third-order valence-corrected chi connectivity index (χ3v) is 11.7. The van der Waals surface area contributed by atoms with Gasteiger partial charge in [-0.15, -0.1) is 0 Å². The Hall–Kier alpha value is -1.50. The average molecular weight is 441 g/mol. The zero-order valence-electron chi connectivity index (χ0n) is 19.0. The number of aliphatic hydroxyl groups is 1. The van der Waals surface area contributed by atoms with Crippen molar-refractivity contribution in [2.75, 3.05) is 6.61 Å². The Balaban J connectivity index is 1.63. The number of hydrogen-bond donors (Lipinski definition) is 1. The van der Waals surface area contributed by atoms with Crippen molar-refractivity contribution in [3.05, 3.63) is 60.7 Å². The first-order chi connectivity index (χ1) is 14.8. The van der Waals surface area contributed by atoms with Gasteiger partial charge in [-0.25, -0.2) is 0 Å². The Bertz CT molecular complexity index is 792. The molecule has 0 bridgehead atoms. The Morgan fingerprint density at radius 3 is 1.97 bits per heavy atom. The highest BCUT2D eigenvalue weighted by Gasteiger charge is 2.51. The van der Waals surface area contributed by atoms with Crippen molar-refractivity contribution in [1.29, 1.82) is 0 Å². The molecule has 168 valence electrons. The molecule has 3 atom stereocenters. The van der Waals surface area contributed by atoms with Gasteiger partial charge in [0.1, 0.15) is 0 Å². The second-order valence-electron chi connectivity index (χ2n) is 9.98. The highest BCUT2D eigenvalue weighted by atomic mass is 28.4. The highest BCUT2D eigenvalue weighted by molar-refractivity contribution is 6.99. The van der Waals surface area contributed by atoms with Crippen molar-refractivity contribution in [2.45, 2.75) is 82.5 Å². The molecule has 5 heteroatoms. The van der Waals surface area contributed by atoms with E-state index >= 15 is 0 Å². The van der Waals surface area contributed by atoms with E-state index in [9.17, 15) is 5.11 Å². The zero-order valence-corrected chi connectivity index (χ0v) is 20.0. The van der Waals surface area contributed by atoms with Crippen LogP contribution in [-0.4, -0.2) is 38.2 Å². The molecular formula is C26H36O4Si. The second-order valence-corrected chi connectivity index (χ2v) is 14.3. The Labute approximate surface area is 187 Å². The standard InChI is InChI=1S/C26H36O4Si/c1-25(2,3)31(22-13-6-4-7-14-22,23-15-8-5-9-16-23)28-20-21-12-10-18-26(29-21)19-11-17-24(27)30-26/h4-9,13-16,21,24,27H,10-12,17-20H2,1-3H3/t21-,24?,26-/m0/s1. The molecule has 0 saturated carbocycles. The van der Waals surface area contributed by atoms with Gasteiger partial charge in [0.15, 0.2) is 12.1 Å². The van der Waals surface area contributed by atoms with Gasteiger partial charge in [-0.05, 0) is 41.1 Å². The molecule has 0 aliphatic carbocycles. The molecule has 2 aromatic rings. The van der Waals surface area contributed by atoms with Crippen molar-refractivity contribution < 1.29 is 19.0 Å². The Morgan fingerprint density at radius 2 is 1.45 bits per heavy atom. The first-order valence-corrected chi connectivity index (χ1v) is 13.5. The SMILES string of the molecule is CC(C)(C)[Si](OC[C@@H]1CCC[C@]2(CCCC(O)O2)O1)(c1ccccc1)c1ccccc1. The smallest absolute Gasteiger partial charge is 0.261 e. The number of rotatable bonds is 5. The number of ether oxygens (including phenoxy) is 2. The van der Waals surface area contributed by atoms with Crippen molar-refractivity contribution in [3.8, 4) is 0 Å². The molecule has 2 aliphatic rings. The summed E-state index contributed by atoms with van der Waals surface area (Å²) in [6, 6.07) is 21.4. The Morgan fingerprint density at radius 1 is 0.903 bits per heavy atom. The average Bonchev–Trinajstić information content (AvgIpc) is 2.75. The van der Waals surface area contributed by atoms with Crippen LogP contribution in [0.3, 0.4) is 0 Å². The molecule has 1 N–H and O–H groups in total. The minimum Gasteiger partial charge on any atom is -0.405 e. The summed E-state index contributed by atoms with van der Waals surface area (Å²) in [5.74, 6) is -0.643. The van der Waals surface area contributed by atoms with E-state index < -0.39 is 20.4 Å². The quantitative estimate of drug-likeness (QED) is 0.703. The van der Waals surface area contributed by atoms with Gasteiger partial charge in [0.25, 0.3) is 8.32 Å². The fourth-order valence-electron chi connectivity index (χ4n) is 5.30. The maximum Gasteiger partial charge on any atom is 0.261 e. The zero-order chi connectivity index (χ0) is 22.0. The van der Waals surface area contributed by atoms with Crippen LogP contribution in [0, 0.1) is 0 Å². The molecule has 4 nitrogen and oxygen atoms in total. The summed E-state index contributed by atoms with van der Waals surface area (Å²) in [7, 11) is -2.58. The summed E-state index contributed by atoms with van der Waals surface area (Å²) in [5.41, 5.74) is 0. The van der Waals surface area contributed by atoms with Gasteiger partial charge in [-0.2, -0.15) is 0 Å². The molecule has 4 rings (SSSR count). The van der Waals surface area contributed by atoms with E-state index in [0.717, 1.165) is 32.1 Å². The van der Waals surface area contributed by atoms with Gasteiger partial charge in [-0.3, -0.25) is 0 Å². The molecule has 2 aliphatic heterocycles. The van der Waals surface area contributed by atoms with Gasteiger partial charge in [0, 0.05) is 12.8 Å². The molecular weight excluding hydrogens is 404 g/mol. The van der Waals surface area contributed by atoms with Crippen LogP contribution in [0.4, 0.5) is 0 Å². The predicted molar refractivity (Wildman–Crippen MR) is 126 cm³/mol. The molecule has 31 heavy (non-hydrogen) atoms. The van der Waals surface area contributed by atoms with E-state index in [0.29, 0.717) is 13.0 Å². The summed E-state index contributed by atoms with van der Waals surface area (Å²) < 4.78 is 19.4. The van der Waals surface area contributed by atoms with Crippen LogP contribution in [0.1, 0.15) is 59.3 Å². The van der Waals surface area contributed by atoms with Crippen LogP contribution in [0.25, 0.3) is 0 Å².